The number of pyridine rings is 1. The number of thiocarbonyl (C=S) groups is 1. The second-order valence-corrected chi connectivity index (χ2v) is 20.0. The van der Waals surface area contributed by atoms with Gasteiger partial charge in [0.2, 0.25) is 0 Å². The first-order valence-electron chi connectivity index (χ1n) is 27.3. The zero-order chi connectivity index (χ0) is 57.6. The molecule has 1 atom stereocenters. The molecule has 6 rings (SSSR count). The van der Waals surface area contributed by atoms with Crippen molar-refractivity contribution in [1.29, 1.82) is 0 Å². The fraction of sp³-hybridized carbons (Fsp3) is 0.452. The number of benzene rings is 4. The Bertz CT molecular complexity index is 2490. The van der Waals surface area contributed by atoms with Crippen molar-refractivity contribution in [2.75, 3.05) is 52.6 Å². The summed E-state index contributed by atoms with van der Waals surface area (Å²) >= 11 is 6.69. The number of esters is 1. The van der Waals surface area contributed by atoms with Crippen LogP contribution in [-0.2, 0) is 35.9 Å². The predicted octanol–water partition coefficient (Wildman–Crippen LogP) is 11.8. The number of unbranched alkanes of at least 4 members (excludes halogenated alkanes) is 3. The second kappa shape index (κ2) is 39.9. The number of nitrogens with one attached hydrogen (secondary N) is 3. The Hall–Kier alpha value is -6.33. The van der Waals surface area contributed by atoms with Crippen molar-refractivity contribution in [3.8, 4) is 17.2 Å². The van der Waals surface area contributed by atoms with Crippen LogP contribution in [0.1, 0.15) is 147 Å². The lowest BCUT2D eigenvalue weighted by molar-refractivity contribution is -0.143. The van der Waals surface area contributed by atoms with E-state index in [1.807, 2.05) is 119 Å². The van der Waals surface area contributed by atoms with Crippen LogP contribution in [-0.4, -0.2) is 96.4 Å². The van der Waals surface area contributed by atoms with E-state index in [2.05, 4.69) is 48.5 Å². The monoisotopic (exact) mass is 1110 g/mol. The lowest BCUT2D eigenvalue weighted by Gasteiger charge is -2.31. The molecule has 1 amide bonds. The summed E-state index contributed by atoms with van der Waals surface area (Å²) < 4.78 is 25.0. The van der Waals surface area contributed by atoms with Crippen molar-refractivity contribution in [2.24, 2.45) is 0 Å². The summed E-state index contributed by atoms with van der Waals surface area (Å²) in [7, 11) is 3.95. The number of nitrogens with zero attached hydrogens (tertiary/aromatic N) is 2. The van der Waals surface area contributed by atoms with E-state index in [0.29, 0.717) is 35.9 Å². The van der Waals surface area contributed by atoms with Gasteiger partial charge in [-0.2, -0.15) is 0 Å². The van der Waals surface area contributed by atoms with Gasteiger partial charge in [-0.15, -0.1) is 0 Å². The molecule has 5 aromatic rings. The first-order valence-corrected chi connectivity index (χ1v) is 28.7. The van der Waals surface area contributed by atoms with Gasteiger partial charge in [-0.1, -0.05) is 182 Å². The number of amides is 1. The van der Waals surface area contributed by atoms with Crippen LogP contribution in [0, 0.1) is 6.92 Å². The summed E-state index contributed by atoms with van der Waals surface area (Å²) in [5.41, 5.74) is 3.42. The summed E-state index contributed by atoms with van der Waals surface area (Å²) in [5, 5.41) is 9.74. The first kappa shape index (κ1) is 67.8. The fourth-order valence-electron chi connectivity index (χ4n) is 7.59. The number of carbonyl (C=O) groups is 4. The van der Waals surface area contributed by atoms with E-state index in [1.54, 1.807) is 43.8 Å². The number of carbonyl (C=O) groups excluding carboxylic acids is 4. The molecule has 3 N–H and O–H groups in total. The number of rotatable bonds is 27. The van der Waals surface area contributed by atoms with Gasteiger partial charge in [0.05, 0.1) is 23.3 Å². The summed E-state index contributed by atoms with van der Waals surface area (Å²) in [5.74, 6) is 0.747. The summed E-state index contributed by atoms with van der Waals surface area (Å²) in [6.45, 7) is 20.0. The van der Waals surface area contributed by atoms with Gasteiger partial charge < -0.3 is 39.8 Å². The third kappa shape index (κ3) is 25.0. The molecule has 1 fully saturated rings. The molecule has 1 unspecified atom stereocenters. The molecule has 2 heterocycles. The van der Waals surface area contributed by atoms with E-state index in [-0.39, 0.29) is 67.2 Å². The molecule has 0 bridgehead atoms. The molecule has 1 aliphatic rings. The molecule has 426 valence electrons. The minimum absolute atomic E-state index is 0.0814. The zero-order valence-electron chi connectivity index (χ0n) is 48.0. The van der Waals surface area contributed by atoms with E-state index in [1.165, 1.54) is 29.6 Å². The molecule has 0 saturated carbocycles. The lowest BCUT2D eigenvalue weighted by Crippen LogP contribution is -2.47. The highest BCUT2D eigenvalue weighted by molar-refractivity contribution is 8.23. The van der Waals surface area contributed by atoms with E-state index in [4.69, 9.17) is 31.2 Å². The van der Waals surface area contributed by atoms with Gasteiger partial charge in [-0.25, -0.2) is 0 Å². The highest BCUT2D eigenvalue weighted by Crippen LogP contribution is 2.35. The van der Waals surface area contributed by atoms with Gasteiger partial charge in [0.25, 0.3) is 11.5 Å². The third-order valence-corrected chi connectivity index (χ3v) is 13.7. The molecule has 0 spiro atoms. The molecule has 0 radical (unpaired) electrons. The van der Waals surface area contributed by atoms with Gasteiger partial charge in [-0.05, 0) is 75.5 Å². The average molecular weight is 1110 g/mol. The molecule has 1 saturated heterocycles. The maximum Gasteiger partial charge on any atom is 0.326 e. The lowest BCUT2D eigenvalue weighted by atomic mass is 9.91. The molecule has 16 heteroatoms. The summed E-state index contributed by atoms with van der Waals surface area (Å²) in [6, 6.07) is 33.3. The SMILES string of the molecule is CC.CCCCC.CCCCC(C)(CCNC(=O)c1cc(C)n(CC(=O)OCC)c(=O)c1OCc1ccccc1)NCCNC.CN1CCSC1=S.O=Cc1ccc(C=O)c(OCc2ccccc2)c1OCc1ccccc1. The van der Waals surface area contributed by atoms with E-state index in [9.17, 15) is 24.0 Å². The van der Waals surface area contributed by atoms with Crippen LogP contribution in [0.3, 0.4) is 0 Å². The second-order valence-electron chi connectivity index (χ2n) is 18.3. The van der Waals surface area contributed by atoms with Crippen LogP contribution >= 0.6 is 24.0 Å². The van der Waals surface area contributed by atoms with Gasteiger partial charge in [-0.3, -0.25) is 28.5 Å². The normalized spacial score (nSPS) is 12.0. The Balaban J connectivity index is 0.000000442. The highest BCUT2D eigenvalue weighted by Gasteiger charge is 2.25. The van der Waals surface area contributed by atoms with Gasteiger partial charge in [0.1, 0.15) is 30.7 Å². The van der Waals surface area contributed by atoms with Crippen molar-refractivity contribution < 1.29 is 38.1 Å². The molecule has 14 nitrogen and oxygen atoms in total. The molecular weight excluding hydrogens is 1020 g/mol. The predicted molar refractivity (Wildman–Crippen MR) is 323 cm³/mol. The zero-order valence-corrected chi connectivity index (χ0v) is 49.6. The fourth-order valence-corrected chi connectivity index (χ4v) is 8.78. The van der Waals surface area contributed by atoms with Crippen LogP contribution in [0.5, 0.6) is 17.2 Å². The van der Waals surface area contributed by atoms with E-state index in [0.717, 1.165) is 66.3 Å². The number of aromatic nitrogens is 1. The highest BCUT2D eigenvalue weighted by atomic mass is 32.2. The summed E-state index contributed by atoms with van der Waals surface area (Å²) in [4.78, 5) is 63.8. The molecular formula is C62H87N5O9S2. The maximum atomic E-state index is 13.4. The Kier molecular flexibility index (Phi) is 34.7. The van der Waals surface area contributed by atoms with Gasteiger partial charge in [0.15, 0.2) is 29.8 Å². The van der Waals surface area contributed by atoms with Crippen LogP contribution in [0.4, 0.5) is 0 Å². The Morgan fingerprint density at radius 1 is 0.705 bits per heavy atom. The topological polar surface area (TPSA) is 167 Å². The van der Waals surface area contributed by atoms with Crippen LogP contribution in [0.2, 0.25) is 0 Å². The van der Waals surface area contributed by atoms with E-state index >= 15 is 0 Å². The van der Waals surface area contributed by atoms with Crippen LogP contribution in [0.25, 0.3) is 0 Å². The molecule has 4 aromatic carbocycles. The smallest absolute Gasteiger partial charge is 0.326 e. The quantitative estimate of drug-likeness (QED) is 0.0197. The third-order valence-electron chi connectivity index (χ3n) is 12.0. The number of hydrogen-bond acceptors (Lipinski definition) is 13. The van der Waals surface area contributed by atoms with Crippen molar-refractivity contribution in [3.05, 3.63) is 159 Å². The Morgan fingerprint density at radius 2 is 1.19 bits per heavy atom. The van der Waals surface area contributed by atoms with Crippen molar-refractivity contribution >= 4 is 52.7 Å². The minimum Gasteiger partial charge on any atom is -0.484 e. The number of likely N-dealkylation sites (N-methyl/N-ethyl adjacent to an activating group) is 1. The maximum absolute atomic E-state index is 13.4. The minimum atomic E-state index is -0.541. The largest absolute Gasteiger partial charge is 0.484 e. The van der Waals surface area contributed by atoms with Crippen LogP contribution < -0.4 is 35.7 Å². The Morgan fingerprint density at radius 3 is 1.58 bits per heavy atom. The van der Waals surface area contributed by atoms with Gasteiger partial charge in [0, 0.05) is 50.2 Å². The number of aryl methyl sites for hydroxylation is 1. The Labute approximate surface area is 474 Å². The van der Waals surface area contributed by atoms with Gasteiger partial charge >= 0.3 is 5.97 Å². The van der Waals surface area contributed by atoms with Crippen molar-refractivity contribution in [3.63, 3.8) is 0 Å². The standard InChI is InChI=1S/C29H44N4O5.C22H18O4.C5H12.C4H7NS2.C2H6/c1-6-8-14-29(4,32-18-17-30-5)15-16-31-27(35)24-19-22(3)33(20-25(34)37-7-2)28(36)26(24)38-21-23-12-10-9-11-13-23;23-13-19-11-12-20(14-24)22(26-16-18-9-5-2-6-10-18)21(19)25-15-17-7-3-1-4-8-17;1-3-5-4-2;1-5-2-3-7-4(5)6;1-2/h9-13,19,30,32H,6-8,14-18,20-21H2,1-5H3,(H,31,35);1-14H,15-16H2;3-5H2,1-2H3;2-3H2,1H3;1-2H3. The molecule has 0 aliphatic carbocycles. The van der Waals surface area contributed by atoms with Crippen LogP contribution in [0.15, 0.2) is 114 Å². The first-order chi connectivity index (χ1) is 37.8. The van der Waals surface area contributed by atoms with Crippen molar-refractivity contribution in [1.82, 2.24) is 25.4 Å². The van der Waals surface area contributed by atoms with Crippen molar-refractivity contribution in [2.45, 2.75) is 132 Å². The number of hydrogen-bond donors (Lipinski definition) is 3. The van der Waals surface area contributed by atoms with E-state index < -0.39 is 11.5 Å². The average Bonchev–Trinajstić information content (AvgIpc) is 3.88. The number of thioether (sulfide) groups is 1. The number of aldehydes is 2. The molecule has 1 aliphatic heterocycles. The number of ether oxygens (including phenoxy) is 4. The molecule has 78 heavy (non-hydrogen) atoms. The molecule has 1 aromatic heterocycles. The summed E-state index contributed by atoms with van der Waals surface area (Å²) in [6.07, 6.45) is 9.40.